The summed E-state index contributed by atoms with van der Waals surface area (Å²) in [5.74, 6) is 6.32. The van der Waals surface area contributed by atoms with Crippen LogP contribution in [-0.2, 0) is 10.0 Å². The SMILES string of the molecule is CCN(CC)CC#CC(CS(=O)(=O)N1CCN(c2ccc(OC)cc2)CC1)NO. The normalized spacial score (nSPS) is 16.4. The van der Waals surface area contributed by atoms with Gasteiger partial charge in [0.2, 0.25) is 10.0 Å². The number of hydrogen-bond donors (Lipinski definition) is 2. The first-order valence-electron chi connectivity index (χ1n) is 9.90. The van der Waals surface area contributed by atoms with Gasteiger partial charge in [-0.25, -0.2) is 8.42 Å². The minimum absolute atomic E-state index is 0.253. The van der Waals surface area contributed by atoms with E-state index in [1.165, 1.54) is 4.31 Å². The first kappa shape index (κ1) is 23.4. The molecule has 0 spiro atoms. The van der Waals surface area contributed by atoms with Crippen LogP contribution in [0.4, 0.5) is 5.69 Å². The number of hydrogen-bond acceptors (Lipinski definition) is 7. The molecule has 162 valence electrons. The second kappa shape index (κ2) is 11.4. The quantitative estimate of drug-likeness (QED) is 0.449. The number of nitrogens with one attached hydrogen (secondary N) is 1. The molecule has 8 nitrogen and oxygen atoms in total. The average Bonchev–Trinajstić information content (AvgIpc) is 2.76. The van der Waals surface area contributed by atoms with Gasteiger partial charge in [0.05, 0.1) is 19.4 Å². The predicted molar refractivity (Wildman–Crippen MR) is 115 cm³/mol. The van der Waals surface area contributed by atoms with Crippen molar-refractivity contribution in [1.82, 2.24) is 14.7 Å². The van der Waals surface area contributed by atoms with Crippen molar-refractivity contribution in [2.24, 2.45) is 0 Å². The lowest BCUT2D eigenvalue weighted by Crippen LogP contribution is -2.51. The number of ether oxygens (including phenoxy) is 1. The van der Waals surface area contributed by atoms with Crippen molar-refractivity contribution in [1.29, 1.82) is 0 Å². The minimum Gasteiger partial charge on any atom is -0.497 e. The molecule has 1 aromatic rings. The Kier molecular flexibility index (Phi) is 9.20. The molecule has 1 aromatic carbocycles. The van der Waals surface area contributed by atoms with Crippen LogP contribution < -0.4 is 15.1 Å². The van der Waals surface area contributed by atoms with Crippen LogP contribution in [0.3, 0.4) is 0 Å². The molecule has 29 heavy (non-hydrogen) atoms. The largest absolute Gasteiger partial charge is 0.497 e. The topological polar surface area (TPSA) is 85.4 Å². The van der Waals surface area contributed by atoms with Gasteiger partial charge in [-0.2, -0.15) is 9.79 Å². The van der Waals surface area contributed by atoms with Gasteiger partial charge in [-0.05, 0) is 37.4 Å². The maximum Gasteiger partial charge on any atom is 0.216 e. The highest BCUT2D eigenvalue weighted by atomic mass is 32.2. The Morgan fingerprint density at radius 1 is 1.17 bits per heavy atom. The van der Waals surface area contributed by atoms with Crippen LogP contribution in [0.15, 0.2) is 24.3 Å². The third-order valence-corrected chi connectivity index (χ3v) is 6.98. The van der Waals surface area contributed by atoms with E-state index in [2.05, 4.69) is 21.6 Å². The average molecular weight is 425 g/mol. The predicted octanol–water partition coefficient (Wildman–Crippen LogP) is 0.840. The van der Waals surface area contributed by atoms with Crippen LogP contribution in [0, 0.1) is 11.8 Å². The Labute approximate surface area is 174 Å². The van der Waals surface area contributed by atoms with Crippen LogP contribution in [0.5, 0.6) is 5.75 Å². The van der Waals surface area contributed by atoms with Gasteiger partial charge in [0.25, 0.3) is 0 Å². The summed E-state index contributed by atoms with van der Waals surface area (Å²) in [5, 5.41) is 9.33. The van der Waals surface area contributed by atoms with E-state index in [9.17, 15) is 13.6 Å². The fraction of sp³-hybridized carbons (Fsp3) is 0.600. The minimum atomic E-state index is -3.52. The van der Waals surface area contributed by atoms with Crippen molar-refractivity contribution >= 4 is 15.7 Å². The fourth-order valence-corrected chi connectivity index (χ4v) is 4.68. The van der Waals surface area contributed by atoms with Gasteiger partial charge in [0.1, 0.15) is 11.8 Å². The van der Waals surface area contributed by atoms with Crippen LogP contribution >= 0.6 is 0 Å². The summed E-state index contributed by atoms with van der Waals surface area (Å²) in [6.07, 6.45) is 0. The monoisotopic (exact) mass is 424 g/mol. The third-order valence-electron chi connectivity index (χ3n) is 5.08. The van der Waals surface area contributed by atoms with E-state index in [1.54, 1.807) is 7.11 Å². The molecule has 0 aromatic heterocycles. The number of anilines is 1. The van der Waals surface area contributed by atoms with Gasteiger partial charge in [-0.1, -0.05) is 25.7 Å². The van der Waals surface area contributed by atoms with Crippen molar-refractivity contribution in [3.05, 3.63) is 24.3 Å². The van der Waals surface area contributed by atoms with Crippen LogP contribution in [0.2, 0.25) is 0 Å². The standard InChI is InChI=1S/C20H32N4O4S/c1-4-22(5-2)12-6-7-18(21-25)17-29(26,27)24-15-13-23(14-16-24)19-8-10-20(28-3)11-9-19/h8-11,18,21,25H,4-5,12-17H2,1-3H3. The smallest absolute Gasteiger partial charge is 0.216 e. The van der Waals surface area contributed by atoms with Crippen LogP contribution in [0.25, 0.3) is 0 Å². The summed E-state index contributed by atoms with van der Waals surface area (Å²) in [6.45, 7) is 8.40. The number of sulfonamides is 1. The molecule has 1 unspecified atom stereocenters. The molecule has 2 N–H and O–H groups in total. The summed E-state index contributed by atoms with van der Waals surface area (Å²) >= 11 is 0. The molecule has 0 aliphatic carbocycles. The number of methoxy groups -OCH3 is 1. The molecule has 1 saturated heterocycles. The highest BCUT2D eigenvalue weighted by Crippen LogP contribution is 2.21. The van der Waals surface area contributed by atoms with E-state index in [1.807, 2.05) is 43.6 Å². The fourth-order valence-electron chi connectivity index (χ4n) is 3.17. The Bertz CT molecular complexity index is 777. The van der Waals surface area contributed by atoms with Gasteiger partial charge in [-0.3, -0.25) is 4.90 Å². The zero-order chi connectivity index (χ0) is 21.3. The number of hydroxylamine groups is 1. The van der Waals surface area contributed by atoms with Gasteiger partial charge in [-0.15, -0.1) is 0 Å². The molecule has 1 fully saturated rings. The third kappa shape index (κ3) is 6.87. The molecule has 9 heteroatoms. The molecule has 1 heterocycles. The zero-order valence-corrected chi connectivity index (χ0v) is 18.3. The molecule has 0 saturated carbocycles. The van der Waals surface area contributed by atoms with Crippen molar-refractivity contribution in [3.63, 3.8) is 0 Å². The molecule has 1 aliphatic rings. The van der Waals surface area contributed by atoms with Crippen LogP contribution in [0.1, 0.15) is 13.8 Å². The number of nitrogens with zero attached hydrogens (tertiary/aromatic N) is 3. The van der Waals surface area contributed by atoms with E-state index in [-0.39, 0.29) is 5.75 Å². The van der Waals surface area contributed by atoms with Gasteiger partial charge < -0.3 is 14.8 Å². The maximum atomic E-state index is 12.8. The van der Waals surface area contributed by atoms with Crippen molar-refractivity contribution in [2.45, 2.75) is 19.9 Å². The van der Waals surface area contributed by atoms with E-state index in [0.717, 1.165) is 24.5 Å². The van der Waals surface area contributed by atoms with E-state index >= 15 is 0 Å². The molecule has 1 aliphatic heterocycles. The number of piperazine rings is 1. The van der Waals surface area contributed by atoms with Gasteiger partial charge in [0.15, 0.2) is 0 Å². The molecule has 0 radical (unpaired) electrons. The highest BCUT2D eigenvalue weighted by molar-refractivity contribution is 7.89. The molecule has 2 rings (SSSR count). The Balaban J connectivity index is 1.91. The Hall–Kier alpha value is -1.83. The van der Waals surface area contributed by atoms with Crippen molar-refractivity contribution < 1.29 is 18.4 Å². The molecular weight excluding hydrogens is 392 g/mol. The van der Waals surface area contributed by atoms with Crippen molar-refractivity contribution in [3.8, 4) is 17.6 Å². The van der Waals surface area contributed by atoms with Gasteiger partial charge in [0, 0.05) is 31.9 Å². The summed E-state index contributed by atoms with van der Waals surface area (Å²) in [6, 6.07) is 6.93. The highest BCUT2D eigenvalue weighted by Gasteiger charge is 2.29. The van der Waals surface area contributed by atoms with Gasteiger partial charge >= 0.3 is 0 Å². The second-order valence-electron chi connectivity index (χ2n) is 6.83. The lowest BCUT2D eigenvalue weighted by molar-refractivity contribution is 0.152. The van der Waals surface area contributed by atoms with Crippen LogP contribution in [-0.4, -0.2) is 87.5 Å². The first-order valence-corrected chi connectivity index (χ1v) is 11.5. The van der Waals surface area contributed by atoms with E-state index in [0.29, 0.717) is 32.7 Å². The second-order valence-corrected chi connectivity index (χ2v) is 8.84. The summed E-state index contributed by atoms with van der Waals surface area (Å²) in [5.41, 5.74) is 3.07. The summed E-state index contributed by atoms with van der Waals surface area (Å²) < 4.78 is 32.2. The van der Waals surface area contributed by atoms with E-state index in [4.69, 9.17) is 4.74 Å². The lowest BCUT2D eigenvalue weighted by Gasteiger charge is -2.35. The lowest BCUT2D eigenvalue weighted by atomic mass is 10.2. The Morgan fingerprint density at radius 3 is 2.31 bits per heavy atom. The summed E-state index contributed by atoms with van der Waals surface area (Å²) in [4.78, 5) is 4.27. The number of benzene rings is 1. The Morgan fingerprint density at radius 2 is 1.79 bits per heavy atom. The first-order chi connectivity index (χ1) is 13.9. The zero-order valence-electron chi connectivity index (χ0n) is 17.5. The number of rotatable bonds is 9. The summed E-state index contributed by atoms with van der Waals surface area (Å²) in [7, 11) is -1.90. The maximum absolute atomic E-state index is 12.8. The van der Waals surface area contributed by atoms with Crippen molar-refractivity contribution in [2.75, 3.05) is 63.6 Å². The molecular formula is C20H32N4O4S. The molecule has 0 amide bonds. The van der Waals surface area contributed by atoms with E-state index < -0.39 is 16.1 Å². The molecule has 0 bridgehead atoms. The molecule has 1 atom stereocenters.